The fraction of sp³-hybridized carbons (Fsp3) is 0.304. The van der Waals surface area contributed by atoms with Gasteiger partial charge in [0.1, 0.15) is 23.0 Å². The van der Waals surface area contributed by atoms with Gasteiger partial charge in [0.05, 0.1) is 24.2 Å². The Kier molecular flexibility index (Phi) is 6.31. The summed E-state index contributed by atoms with van der Waals surface area (Å²) in [6.45, 7) is 0. The summed E-state index contributed by atoms with van der Waals surface area (Å²) in [6.07, 6.45) is 6.39. The molecule has 3 aromatic rings. The summed E-state index contributed by atoms with van der Waals surface area (Å²) in [6, 6.07) is 14.0. The van der Waals surface area contributed by atoms with Gasteiger partial charge >= 0.3 is 0 Å². The number of hydrogen-bond donors (Lipinski definition) is 4. The smallest absolute Gasteiger partial charge is 0.257 e. The molecule has 2 aromatic heterocycles. The number of benzene rings is 1. The molecule has 1 aliphatic rings. The lowest BCUT2D eigenvalue weighted by atomic mass is 9.77. The molecule has 0 unspecified atom stereocenters. The Hall–Kier alpha value is -3.93. The number of nitrogens with one attached hydrogen (secondary N) is 4. The van der Waals surface area contributed by atoms with E-state index in [0.717, 1.165) is 18.7 Å². The van der Waals surface area contributed by atoms with Crippen molar-refractivity contribution in [2.24, 2.45) is 0 Å². The third-order valence-electron chi connectivity index (χ3n) is 5.75. The molecular weight excluding hydrogens is 409 g/mol. The van der Waals surface area contributed by atoms with Crippen molar-refractivity contribution >= 4 is 23.2 Å². The molecule has 0 atom stereocenters. The summed E-state index contributed by atoms with van der Waals surface area (Å²) in [5, 5.41) is 25.7. The third-order valence-corrected chi connectivity index (χ3v) is 5.75. The molecule has 1 aromatic carbocycles. The minimum atomic E-state index is -0.599. The number of pyridine rings is 1. The average Bonchev–Trinajstić information content (AvgIpc) is 3.26. The van der Waals surface area contributed by atoms with E-state index < -0.39 is 5.54 Å². The second-order valence-electron chi connectivity index (χ2n) is 7.99. The van der Waals surface area contributed by atoms with E-state index >= 15 is 0 Å². The number of nitrogens with zero attached hydrogens (tertiary/aromatic N) is 3. The minimum absolute atomic E-state index is 0.230. The van der Waals surface area contributed by atoms with Crippen molar-refractivity contribution in [2.75, 3.05) is 10.6 Å². The van der Waals surface area contributed by atoms with E-state index in [4.69, 9.17) is 0 Å². The number of hydrogen-bond acceptors (Lipinski definition) is 6. The predicted molar refractivity (Wildman–Crippen MR) is 119 cm³/mol. The number of aromatic nitrogens is 3. The van der Waals surface area contributed by atoms with Crippen molar-refractivity contribution < 1.29 is 9.18 Å². The number of carbonyl (C=O) groups is 1. The lowest BCUT2D eigenvalue weighted by Gasteiger charge is -2.39. The monoisotopic (exact) mass is 433 g/mol. The first-order valence-electron chi connectivity index (χ1n) is 10.5. The van der Waals surface area contributed by atoms with Crippen LogP contribution in [0, 0.1) is 17.1 Å². The highest BCUT2D eigenvalue weighted by atomic mass is 19.1. The van der Waals surface area contributed by atoms with Crippen LogP contribution < -0.4 is 16.0 Å². The Balaban J connectivity index is 1.41. The Morgan fingerprint density at radius 1 is 1.22 bits per heavy atom. The highest BCUT2D eigenvalue weighted by Gasteiger charge is 2.37. The molecule has 1 saturated carbocycles. The molecule has 8 nitrogen and oxygen atoms in total. The van der Waals surface area contributed by atoms with E-state index in [1.54, 1.807) is 18.3 Å². The van der Waals surface area contributed by atoms with Crippen molar-refractivity contribution in [1.29, 1.82) is 5.26 Å². The number of H-pyrrole nitrogens is 1. The predicted octanol–water partition coefficient (Wildman–Crippen LogP) is 4.12. The highest BCUT2D eigenvalue weighted by Crippen LogP contribution is 2.33. The average molecular weight is 433 g/mol. The Bertz CT molecular complexity index is 1080. The first-order chi connectivity index (χ1) is 15.6. The van der Waals surface area contributed by atoms with E-state index in [0.29, 0.717) is 29.9 Å². The molecule has 1 fully saturated rings. The molecule has 9 heteroatoms. The van der Waals surface area contributed by atoms with Crippen LogP contribution in [-0.2, 0) is 0 Å². The summed E-state index contributed by atoms with van der Waals surface area (Å²) in [4.78, 5) is 17.4. The first kappa shape index (κ1) is 21.3. The lowest BCUT2D eigenvalue weighted by Crippen LogP contribution is -2.52. The zero-order chi connectivity index (χ0) is 22.4. The summed E-state index contributed by atoms with van der Waals surface area (Å²) in [7, 11) is 0. The zero-order valence-corrected chi connectivity index (χ0v) is 17.4. The molecule has 0 bridgehead atoms. The lowest BCUT2D eigenvalue weighted by molar-refractivity contribution is 0.0869. The molecule has 4 rings (SSSR count). The third kappa shape index (κ3) is 5.03. The van der Waals surface area contributed by atoms with Crippen LogP contribution in [0.15, 0.2) is 54.9 Å². The molecule has 4 N–H and O–H groups in total. The first-order valence-corrected chi connectivity index (χ1v) is 10.5. The summed E-state index contributed by atoms with van der Waals surface area (Å²) in [5.74, 6) is 0.579. The molecule has 32 heavy (non-hydrogen) atoms. The highest BCUT2D eigenvalue weighted by molar-refractivity contribution is 5.99. The van der Waals surface area contributed by atoms with Crippen LogP contribution in [0.1, 0.15) is 42.5 Å². The number of amides is 1. The Morgan fingerprint density at radius 3 is 2.69 bits per heavy atom. The molecule has 164 valence electrons. The normalized spacial score (nSPS) is 20.2. The number of rotatable bonds is 7. The van der Waals surface area contributed by atoms with Crippen LogP contribution in [-0.4, -0.2) is 32.7 Å². The van der Waals surface area contributed by atoms with Gasteiger partial charge < -0.3 is 16.0 Å². The van der Waals surface area contributed by atoms with Crippen molar-refractivity contribution in [2.45, 2.75) is 43.7 Å². The van der Waals surface area contributed by atoms with Gasteiger partial charge in [-0.1, -0.05) is 6.07 Å². The second-order valence-corrected chi connectivity index (χ2v) is 7.99. The van der Waals surface area contributed by atoms with Crippen LogP contribution in [0.2, 0.25) is 0 Å². The molecule has 0 aliphatic heterocycles. The van der Waals surface area contributed by atoms with E-state index in [2.05, 4.69) is 37.2 Å². The van der Waals surface area contributed by atoms with Gasteiger partial charge in [-0.3, -0.25) is 9.89 Å². The maximum absolute atomic E-state index is 13.2. The maximum atomic E-state index is 13.2. The summed E-state index contributed by atoms with van der Waals surface area (Å²) >= 11 is 0. The topological polar surface area (TPSA) is 119 Å². The van der Waals surface area contributed by atoms with Crippen LogP contribution in [0.5, 0.6) is 0 Å². The number of anilines is 3. The number of aromatic amines is 1. The number of halogens is 1. The zero-order valence-electron chi connectivity index (χ0n) is 17.4. The van der Waals surface area contributed by atoms with Gasteiger partial charge in [-0.15, -0.1) is 0 Å². The van der Waals surface area contributed by atoms with E-state index in [1.807, 2.05) is 18.2 Å². The maximum Gasteiger partial charge on any atom is 0.257 e. The van der Waals surface area contributed by atoms with Gasteiger partial charge in [-0.2, -0.15) is 10.4 Å². The molecular formula is C23H24FN7O. The van der Waals surface area contributed by atoms with Gasteiger partial charge in [0.25, 0.3) is 5.91 Å². The van der Waals surface area contributed by atoms with Crippen LogP contribution in [0.3, 0.4) is 0 Å². The SMILES string of the molecule is N#CCC1(NC(=O)c2cn[nH]c2Nc2ccc(F)cc2)CCC(Nc2ccccn2)CC1. The summed E-state index contributed by atoms with van der Waals surface area (Å²) < 4.78 is 13.2. The van der Waals surface area contributed by atoms with Gasteiger partial charge in [0, 0.05) is 17.9 Å². The van der Waals surface area contributed by atoms with E-state index in [1.165, 1.54) is 18.3 Å². The Labute approximate surface area is 185 Å². The fourth-order valence-corrected chi connectivity index (χ4v) is 4.01. The van der Waals surface area contributed by atoms with Gasteiger partial charge in [0.2, 0.25) is 0 Å². The second kappa shape index (κ2) is 9.47. The molecule has 0 spiro atoms. The molecule has 1 aliphatic carbocycles. The quantitative estimate of drug-likeness (QED) is 0.445. The fourth-order valence-electron chi connectivity index (χ4n) is 4.01. The van der Waals surface area contributed by atoms with Gasteiger partial charge in [-0.05, 0) is 62.1 Å². The Morgan fingerprint density at radius 2 is 2.00 bits per heavy atom. The van der Waals surface area contributed by atoms with Crippen LogP contribution in [0.4, 0.5) is 21.7 Å². The van der Waals surface area contributed by atoms with E-state index in [-0.39, 0.29) is 24.2 Å². The standard InChI is InChI=1S/C23H24FN7O/c24-16-4-6-17(7-5-16)29-21-19(15-27-31-21)22(32)30-23(12-13-25)10-8-18(9-11-23)28-20-3-1-2-14-26-20/h1-7,14-15,18H,8-12H2,(H,26,28)(H,30,32)(H2,27,29,31). The van der Waals surface area contributed by atoms with E-state index in [9.17, 15) is 14.4 Å². The number of nitriles is 1. The van der Waals surface area contributed by atoms with Crippen molar-refractivity contribution in [1.82, 2.24) is 20.5 Å². The number of carbonyl (C=O) groups excluding carboxylic acids is 1. The molecule has 2 heterocycles. The molecule has 0 saturated heterocycles. The molecule has 1 amide bonds. The van der Waals surface area contributed by atoms with Crippen LogP contribution >= 0.6 is 0 Å². The van der Waals surface area contributed by atoms with Crippen molar-refractivity contribution in [3.05, 3.63) is 66.2 Å². The summed E-state index contributed by atoms with van der Waals surface area (Å²) in [5.41, 5.74) is 0.358. The molecule has 0 radical (unpaired) electrons. The van der Waals surface area contributed by atoms with Crippen molar-refractivity contribution in [3.63, 3.8) is 0 Å². The van der Waals surface area contributed by atoms with Crippen LogP contribution in [0.25, 0.3) is 0 Å². The minimum Gasteiger partial charge on any atom is -0.367 e. The van der Waals surface area contributed by atoms with Crippen molar-refractivity contribution in [3.8, 4) is 6.07 Å². The van der Waals surface area contributed by atoms with Gasteiger partial charge in [-0.25, -0.2) is 9.37 Å². The van der Waals surface area contributed by atoms with Gasteiger partial charge in [0.15, 0.2) is 0 Å². The largest absolute Gasteiger partial charge is 0.367 e.